The van der Waals surface area contributed by atoms with Gasteiger partial charge in [0, 0.05) is 19.7 Å². The van der Waals surface area contributed by atoms with Crippen LogP contribution in [0.5, 0.6) is 5.75 Å². The van der Waals surface area contributed by atoms with Crippen LogP contribution in [0.1, 0.15) is 24.2 Å². The molecule has 0 saturated carbocycles. The van der Waals surface area contributed by atoms with Crippen molar-refractivity contribution in [2.45, 2.75) is 19.9 Å². The van der Waals surface area contributed by atoms with E-state index in [0.717, 1.165) is 0 Å². The average Bonchev–Trinajstić information content (AvgIpc) is 2.40. The van der Waals surface area contributed by atoms with Crippen molar-refractivity contribution in [3.63, 3.8) is 0 Å². The van der Waals surface area contributed by atoms with Crippen molar-refractivity contribution >= 4 is 17.5 Å². The van der Waals surface area contributed by atoms with Crippen molar-refractivity contribution in [1.82, 2.24) is 10.2 Å². The fraction of sp³-hybridized carbons (Fsp3) is 0.429. The van der Waals surface area contributed by atoms with Gasteiger partial charge in [0.1, 0.15) is 11.8 Å². The number of carbonyl (C=O) groups is 2. The monoisotopic (exact) mass is 279 g/mol. The molecule has 0 aliphatic rings. The van der Waals surface area contributed by atoms with Crippen molar-refractivity contribution in [3.8, 4) is 5.75 Å². The van der Waals surface area contributed by atoms with Crippen LogP contribution >= 0.6 is 0 Å². The highest BCUT2D eigenvalue weighted by Crippen LogP contribution is 2.22. The number of hydrogen-bond acceptors (Lipinski definition) is 4. The van der Waals surface area contributed by atoms with E-state index in [1.807, 2.05) is 6.92 Å². The Morgan fingerprint density at radius 2 is 2.05 bits per heavy atom. The van der Waals surface area contributed by atoms with Gasteiger partial charge in [-0.05, 0) is 32.0 Å². The van der Waals surface area contributed by atoms with E-state index < -0.39 is 6.04 Å². The van der Waals surface area contributed by atoms with Crippen LogP contribution in [0.3, 0.4) is 0 Å². The highest BCUT2D eigenvalue weighted by molar-refractivity contribution is 5.98. The van der Waals surface area contributed by atoms with E-state index in [-0.39, 0.29) is 11.8 Å². The van der Waals surface area contributed by atoms with Crippen molar-refractivity contribution in [1.29, 1.82) is 0 Å². The Kier molecular flexibility index (Phi) is 5.37. The lowest BCUT2D eigenvalue weighted by Gasteiger charge is -2.18. The molecule has 0 spiro atoms. The minimum absolute atomic E-state index is 0.169. The molecule has 3 N–H and O–H groups in total. The number of nitrogen functional groups attached to an aromatic ring is 1. The molecular weight excluding hydrogens is 258 g/mol. The van der Waals surface area contributed by atoms with Gasteiger partial charge in [0.2, 0.25) is 5.91 Å². The topological polar surface area (TPSA) is 84.7 Å². The fourth-order valence-electron chi connectivity index (χ4n) is 1.71. The summed E-state index contributed by atoms with van der Waals surface area (Å²) in [4.78, 5) is 25.1. The molecule has 0 saturated heterocycles. The Hall–Kier alpha value is -2.24. The first-order valence-corrected chi connectivity index (χ1v) is 6.41. The molecule has 20 heavy (non-hydrogen) atoms. The predicted octanol–water partition coefficient (Wildman–Crippen LogP) is 0.874. The van der Waals surface area contributed by atoms with Gasteiger partial charge in [0.05, 0.1) is 12.3 Å². The molecule has 0 aliphatic carbocycles. The third kappa shape index (κ3) is 3.88. The maximum atomic E-state index is 12.0. The molecule has 1 unspecified atom stereocenters. The minimum Gasteiger partial charge on any atom is -0.492 e. The number of nitrogens with zero attached hydrogens (tertiary/aromatic N) is 1. The molecule has 6 heteroatoms. The highest BCUT2D eigenvalue weighted by atomic mass is 16.5. The molecule has 0 aliphatic heterocycles. The van der Waals surface area contributed by atoms with Crippen LogP contribution in [0.15, 0.2) is 18.2 Å². The number of amides is 2. The van der Waals surface area contributed by atoms with E-state index in [9.17, 15) is 9.59 Å². The van der Waals surface area contributed by atoms with Gasteiger partial charge < -0.3 is 20.7 Å². The molecule has 0 heterocycles. The number of carbonyl (C=O) groups excluding carboxylic acids is 2. The lowest BCUT2D eigenvalue weighted by Crippen LogP contribution is -2.44. The summed E-state index contributed by atoms with van der Waals surface area (Å²) in [6.07, 6.45) is 0. The van der Waals surface area contributed by atoms with Crippen molar-refractivity contribution in [2.24, 2.45) is 0 Å². The molecular formula is C14H21N3O3. The normalized spacial score (nSPS) is 11.6. The van der Waals surface area contributed by atoms with Gasteiger partial charge in [-0.15, -0.1) is 0 Å². The zero-order valence-electron chi connectivity index (χ0n) is 12.3. The number of benzene rings is 1. The number of anilines is 1. The lowest BCUT2D eigenvalue weighted by molar-refractivity contribution is -0.130. The molecule has 2 amide bonds. The predicted molar refractivity (Wildman–Crippen MR) is 77.6 cm³/mol. The number of hydrogen-bond donors (Lipinski definition) is 2. The van der Waals surface area contributed by atoms with Crippen LogP contribution in [0, 0.1) is 0 Å². The summed E-state index contributed by atoms with van der Waals surface area (Å²) in [6.45, 7) is 4.00. The summed E-state index contributed by atoms with van der Waals surface area (Å²) in [5.74, 6) is 0.0289. The number of rotatable bonds is 5. The van der Waals surface area contributed by atoms with Gasteiger partial charge in [-0.25, -0.2) is 0 Å². The number of likely N-dealkylation sites (N-methyl/N-ethyl adjacent to an activating group) is 1. The second-order valence-corrected chi connectivity index (χ2v) is 4.61. The zero-order valence-corrected chi connectivity index (χ0v) is 12.3. The first kappa shape index (κ1) is 15.8. The largest absolute Gasteiger partial charge is 0.492 e. The Morgan fingerprint density at radius 1 is 1.40 bits per heavy atom. The van der Waals surface area contributed by atoms with E-state index >= 15 is 0 Å². The minimum atomic E-state index is -0.592. The molecule has 0 aromatic heterocycles. The van der Waals surface area contributed by atoms with Gasteiger partial charge in [-0.3, -0.25) is 9.59 Å². The quantitative estimate of drug-likeness (QED) is 0.783. The van der Waals surface area contributed by atoms with Crippen LogP contribution in [-0.2, 0) is 4.79 Å². The number of nitrogens with two attached hydrogens (primary N) is 1. The second-order valence-electron chi connectivity index (χ2n) is 4.61. The third-order valence-corrected chi connectivity index (χ3v) is 2.73. The molecule has 1 aromatic carbocycles. The van der Waals surface area contributed by atoms with E-state index in [1.54, 1.807) is 33.2 Å². The van der Waals surface area contributed by atoms with E-state index in [0.29, 0.717) is 23.6 Å². The zero-order chi connectivity index (χ0) is 15.3. The van der Waals surface area contributed by atoms with Gasteiger partial charge in [-0.2, -0.15) is 0 Å². The SMILES string of the molecule is CCOc1ccc(C(=O)NC(C)C(=O)N(C)C)cc1N. The molecule has 0 fully saturated rings. The molecule has 0 bridgehead atoms. The summed E-state index contributed by atoms with van der Waals surface area (Å²) in [5, 5.41) is 2.63. The summed E-state index contributed by atoms with van der Waals surface area (Å²) in [7, 11) is 3.28. The summed E-state index contributed by atoms with van der Waals surface area (Å²) < 4.78 is 5.30. The Morgan fingerprint density at radius 3 is 2.55 bits per heavy atom. The molecule has 1 atom stereocenters. The first-order valence-electron chi connectivity index (χ1n) is 6.41. The molecule has 110 valence electrons. The smallest absolute Gasteiger partial charge is 0.251 e. The maximum absolute atomic E-state index is 12.0. The van der Waals surface area contributed by atoms with Crippen LogP contribution < -0.4 is 15.8 Å². The second kappa shape index (κ2) is 6.79. The van der Waals surface area contributed by atoms with Crippen molar-refractivity contribution in [2.75, 3.05) is 26.4 Å². The summed E-state index contributed by atoms with van der Waals surface area (Å²) >= 11 is 0. The molecule has 0 radical (unpaired) electrons. The van der Waals surface area contributed by atoms with Gasteiger partial charge in [0.15, 0.2) is 0 Å². The van der Waals surface area contributed by atoms with Gasteiger partial charge >= 0.3 is 0 Å². The number of nitrogens with one attached hydrogen (secondary N) is 1. The van der Waals surface area contributed by atoms with Crippen molar-refractivity contribution in [3.05, 3.63) is 23.8 Å². The maximum Gasteiger partial charge on any atom is 0.251 e. The number of ether oxygens (including phenoxy) is 1. The fourth-order valence-corrected chi connectivity index (χ4v) is 1.71. The van der Waals surface area contributed by atoms with Gasteiger partial charge in [0.25, 0.3) is 5.91 Å². The van der Waals surface area contributed by atoms with Crippen LogP contribution in [0.4, 0.5) is 5.69 Å². The van der Waals surface area contributed by atoms with Crippen LogP contribution in [0.25, 0.3) is 0 Å². The Labute approximate surface area is 118 Å². The van der Waals surface area contributed by atoms with E-state index in [1.165, 1.54) is 11.0 Å². The Balaban J connectivity index is 2.78. The van der Waals surface area contributed by atoms with Crippen LogP contribution in [-0.4, -0.2) is 43.5 Å². The van der Waals surface area contributed by atoms with Crippen LogP contribution in [0.2, 0.25) is 0 Å². The Bertz CT molecular complexity index is 500. The molecule has 6 nitrogen and oxygen atoms in total. The summed E-state index contributed by atoms with van der Waals surface area (Å²) in [6, 6.07) is 4.20. The molecule has 1 rings (SSSR count). The summed E-state index contributed by atoms with van der Waals surface area (Å²) in [5.41, 5.74) is 6.59. The van der Waals surface area contributed by atoms with E-state index in [2.05, 4.69) is 5.32 Å². The third-order valence-electron chi connectivity index (χ3n) is 2.73. The first-order chi connectivity index (χ1) is 9.36. The van der Waals surface area contributed by atoms with Crippen molar-refractivity contribution < 1.29 is 14.3 Å². The van der Waals surface area contributed by atoms with Gasteiger partial charge in [-0.1, -0.05) is 0 Å². The highest BCUT2D eigenvalue weighted by Gasteiger charge is 2.18. The van der Waals surface area contributed by atoms with E-state index in [4.69, 9.17) is 10.5 Å². The lowest BCUT2D eigenvalue weighted by atomic mass is 10.1. The standard InChI is InChI=1S/C14H21N3O3/c1-5-20-12-7-6-10(8-11(12)15)13(18)16-9(2)14(19)17(3)4/h6-9H,5,15H2,1-4H3,(H,16,18). The average molecular weight is 279 g/mol. The molecule has 1 aromatic rings.